The normalized spacial score (nSPS) is 20.7. The van der Waals surface area contributed by atoms with Crippen LogP contribution < -0.4 is 10.6 Å². The minimum Gasteiger partial charge on any atom is -0.310 e. The quantitative estimate of drug-likeness (QED) is 0.765. The first-order valence-electron chi connectivity index (χ1n) is 9.29. The van der Waals surface area contributed by atoms with Crippen LogP contribution in [0, 0.1) is 11.3 Å². The molecule has 0 saturated heterocycles. The van der Waals surface area contributed by atoms with Crippen molar-refractivity contribution in [1.82, 2.24) is 25.9 Å². The summed E-state index contributed by atoms with van der Waals surface area (Å²) in [7, 11) is 0. The Morgan fingerprint density at radius 3 is 2.42 bits per heavy atom. The summed E-state index contributed by atoms with van der Waals surface area (Å²) in [4.78, 5) is 12.1. The van der Waals surface area contributed by atoms with Gasteiger partial charge in [-0.3, -0.25) is 10.1 Å². The lowest BCUT2D eigenvalue weighted by molar-refractivity contribution is 0.102. The minimum atomic E-state index is -0.244. The third-order valence-electron chi connectivity index (χ3n) is 5.33. The van der Waals surface area contributed by atoms with Gasteiger partial charge in [0, 0.05) is 18.2 Å². The second-order valence-electron chi connectivity index (χ2n) is 8.18. The number of H-pyrrole nitrogens is 1. The van der Waals surface area contributed by atoms with Gasteiger partial charge in [0.05, 0.1) is 0 Å². The molecule has 1 heterocycles. The fraction of sp³-hybridized carbons (Fsp3) is 0.579. The van der Waals surface area contributed by atoms with Crippen molar-refractivity contribution < 1.29 is 4.79 Å². The SMILES string of the molecule is CC(C)(C)C1CCC(NCc2ccc(C(=O)Nc3nn[nH]n3)cc2)CC1. The van der Waals surface area contributed by atoms with Gasteiger partial charge in [0.2, 0.25) is 0 Å². The highest BCUT2D eigenvalue weighted by atomic mass is 16.1. The molecule has 3 N–H and O–H groups in total. The Labute approximate surface area is 154 Å². The molecule has 1 amide bonds. The van der Waals surface area contributed by atoms with Crippen LogP contribution in [0.5, 0.6) is 0 Å². The van der Waals surface area contributed by atoms with Gasteiger partial charge >= 0.3 is 0 Å². The molecule has 26 heavy (non-hydrogen) atoms. The number of carbonyl (C=O) groups excluding carboxylic acids is 1. The van der Waals surface area contributed by atoms with Crippen molar-refractivity contribution in [2.45, 2.75) is 59.0 Å². The van der Waals surface area contributed by atoms with Crippen LogP contribution in [-0.4, -0.2) is 32.6 Å². The van der Waals surface area contributed by atoms with Crippen LogP contribution in [0.1, 0.15) is 62.4 Å². The van der Waals surface area contributed by atoms with E-state index in [9.17, 15) is 4.79 Å². The molecule has 1 aromatic heterocycles. The highest BCUT2D eigenvalue weighted by molar-refractivity contribution is 6.03. The molecular weight excluding hydrogens is 328 g/mol. The predicted molar refractivity (Wildman–Crippen MR) is 101 cm³/mol. The van der Waals surface area contributed by atoms with Gasteiger partial charge in [-0.2, -0.15) is 5.21 Å². The number of hydrogen-bond acceptors (Lipinski definition) is 5. The zero-order chi connectivity index (χ0) is 18.6. The molecule has 1 aliphatic rings. The molecule has 1 aromatic carbocycles. The number of hydrogen-bond donors (Lipinski definition) is 3. The van der Waals surface area contributed by atoms with Crippen LogP contribution in [0.15, 0.2) is 24.3 Å². The van der Waals surface area contributed by atoms with Crippen molar-refractivity contribution in [3.05, 3.63) is 35.4 Å². The van der Waals surface area contributed by atoms with E-state index in [1.807, 2.05) is 24.3 Å². The lowest BCUT2D eigenvalue weighted by atomic mass is 9.71. The second kappa shape index (κ2) is 7.95. The maximum absolute atomic E-state index is 12.1. The molecule has 0 spiro atoms. The third kappa shape index (κ3) is 4.88. The van der Waals surface area contributed by atoms with Gasteiger partial charge in [-0.05, 0) is 59.9 Å². The van der Waals surface area contributed by atoms with E-state index in [1.165, 1.54) is 31.2 Å². The first-order valence-corrected chi connectivity index (χ1v) is 9.29. The Hall–Kier alpha value is -2.28. The van der Waals surface area contributed by atoms with E-state index in [2.05, 4.69) is 52.0 Å². The highest BCUT2D eigenvalue weighted by Crippen LogP contribution is 2.37. The summed E-state index contributed by atoms with van der Waals surface area (Å²) < 4.78 is 0. The number of nitrogens with one attached hydrogen (secondary N) is 3. The number of nitrogens with zero attached hydrogens (tertiary/aromatic N) is 3. The van der Waals surface area contributed by atoms with E-state index in [4.69, 9.17) is 0 Å². The molecule has 7 nitrogen and oxygen atoms in total. The third-order valence-corrected chi connectivity index (χ3v) is 5.33. The molecule has 0 aliphatic heterocycles. The molecule has 3 rings (SSSR count). The summed E-state index contributed by atoms with van der Waals surface area (Å²) in [6.07, 6.45) is 5.09. The molecule has 1 fully saturated rings. The summed E-state index contributed by atoms with van der Waals surface area (Å²) >= 11 is 0. The molecule has 0 bridgehead atoms. The number of aromatic nitrogens is 4. The lowest BCUT2D eigenvalue weighted by Crippen LogP contribution is -2.35. The van der Waals surface area contributed by atoms with Gasteiger partial charge in [0.15, 0.2) is 0 Å². The second-order valence-corrected chi connectivity index (χ2v) is 8.18. The monoisotopic (exact) mass is 356 g/mol. The highest BCUT2D eigenvalue weighted by Gasteiger charge is 2.29. The zero-order valence-electron chi connectivity index (χ0n) is 15.7. The fourth-order valence-corrected chi connectivity index (χ4v) is 3.59. The summed E-state index contributed by atoms with van der Waals surface area (Å²) in [5, 5.41) is 19.4. The van der Waals surface area contributed by atoms with Crippen LogP contribution >= 0.6 is 0 Å². The van der Waals surface area contributed by atoms with Crippen LogP contribution in [0.3, 0.4) is 0 Å². The number of anilines is 1. The Bertz CT molecular complexity index is 697. The molecule has 7 heteroatoms. The summed E-state index contributed by atoms with van der Waals surface area (Å²) in [6, 6.07) is 8.21. The van der Waals surface area contributed by atoms with Crippen molar-refractivity contribution in [3.63, 3.8) is 0 Å². The first kappa shape index (κ1) is 18.5. The zero-order valence-corrected chi connectivity index (χ0v) is 15.7. The molecule has 1 saturated carbocycles. The first-order chi connectivity index (χ1) is 12.4. The summed E-state index contributed by atoms with van der Waals surface area (Å²) in [5.74, 6) is 0.760. The van der Waals surface area contributed by atoms with E-state index < -0.39 is 0 Å². The number of rotatable bonds is 5. The van der Waals surface area contributed by atoms with Crippen LogP contribution in [0.25, 0.3) is 0 Å². The predicted octanol–water partition coefficient (Wildman–Crippen LogP) is 3.15. The van der Waals surface area contributed by atoms with Crippen molar-refractivity contribution in [3.8, 4) is 0 Å². The van der Waals surface area contributed by atoms with E-state index in [-0.39, 0.29) is 11.9 Å². The van der Waals surface area contributed by atoms with Crippen LogP contribution in [-0.2, 0) is 6.54 Å². The van der Waals surface area contributed by atoms with E-state index in [1.54, 1.807) is 0 Å². The largest absolute Gasteiger partial charge is 0.310 e. The number of benzene rings is 1. The molecule has 0 radical (unpaired) electrons. The molecule has 0 unspecified atom stereocenters. The Morgan fingerprint density at radius 1 is 1.15 bits per heavy atom. The maximum Gasteiger partial charge on any atom is 0.270 e. The molecule has 0 atom stereocenters. The van der Waals surface area contributed by atoms with Gasteiger partial charge < -0.3 is 5.32 Å². The van der Waals surface area contributed by atoms with E-state index >= 15 is 0 Å². The van der Waals surface area contributed by atoms with Crippen LogP contribution in [0.2, 0.25) is 0 Å². The number of carbonyl (C=O) groups is 1. The Morgan fingerprint density at radius 2 is 1.85 bits per heavy atom. The number of tetrazole rings is 1. The summed E-state index contributed by atoms with van der Waals surface area (Å²) in [6.45, 7) is 7.88. The Kier molecular flexibility index (Phi) is 5.66. The Balaban J connectivity index is 1.45. The summed E-state index contributed by atoms with van der Waals surface area (Å²) in [5.41, 5.74) is 2.17. The van der Waals surface area contributed by atoms with Gasteiger partial charge in [-0.15, -0.1) is 5.10 Å². The average Bonchev–Trinajstić information content (AvgIpc) is 3.13. The van der Waals surface area contributed by atoms with Crippen molar-refractivity contribution in [1.29, 1.82) is 0 Å². The molecule has 2 aromatic rings. The van der Waals surface area contributed by atoms with Crippen molar-refractivity contribution in [2.24, 2.45) is 11.3 Å². The molecule has 140 valence electrons. The van der Waals surface area contributed by atoms with Crippen LogP contribution in [0.4, 0.5) is 5.95 Å². The number of amides is 1. The smallest absolute Gasteiger partial charge is 0.270 e. The van der Waals surface area contributed by atoms with Gasteiger partial charge in [-0.1, -0.05) is 38.0 Å². The standard InChI is InChI=1S/C19H28N6O/c1-19(2,3)15-8-10-16(11-9-15)20-12-13-4-6-14(7-5-13)17(26)21-18-22-24-25-23-18/h4-7,15-16,20H,8-12H2,1-3H3,(H2,21,22,23,24,25,26). The maximum atomic E-state index is 12.1. The topological polar surface area (TPSA) is 95.6 Å². The minimum absolute atomic E-state index is 0.173. The lowest BCUT2D eigenvalue weighted by Gasteiger charge is -2.37. The number of aromatic amines is 1. The average molecular weight is 356 g/mol. The van der Waals surface area contributed by atoms with E-state index in [0.29, 0.717) is 17.0 Å². The molecular formula is C19H28N6O. The van der Waals surface area contributed by atoms with Gasteiger partial charge in [0.1, 0.15) is 0 Å². The van der Waals surface area contributed by atoms with Crippen molar-refractivity contribution in [2.75, 3.05) is 5.32 Å². The molecule has 1 aliphatic carbocycles. The van der Waals surface area contributed by atoms with Gasteiger partial charge in [0.25, 0.3) is 11.9 Å². The van der Waals surface area contributed by atoms with E-state index in [0.717, 1.165) is 12.5 Å². The van der Waals surface area contributed by atoms with Gasteiger partial charge in [-0.25, -0.2) is 0 Å². The van der Waals surface area contributed by atoms with Crippen molar-refractivity contribution >= 4 is 11.9 Å². The fourth-order valence-electron chi connectivity index (χ4n) is 3.59.